The molecule has 3 N–H and O–H groups in total. The fraction of sp³-hybridized carbons (Fsp3) is 0.400. The fourth-order valence-corrected chi connectivity index (χ4v) is 3.32. The summed E-state index contributed by atoms with van der Waals surface area (Å²) in [5.41, 5.74) is 7.80. The predicted molar refractivity (Wildman–Crippen MR) is 105 cm³/mol. The highest BCUT2D eigenvalue weighted by molar-refractivity contribution is 6.31. The van der Waals surface area contributed by atoms with Gasteiger partial charge in [0.25, 0.3) is 0 Å². The Balaban J connectivity index is 2.71. The van der Waals surface area contributed by atoms with Crippen molar-refractivity contribution in [1.29, 1.82) is 0 Å². The Morgan fingerprint density at radius 3 is 2.50 bits per heavy atom. The monoisotopic (exact) mass is 408 g/mol. The van der Waals surface area contributed by atoms with E-state index in [-0.39, 0.29) is 24.4 Å². The molecule has 2 rings (SSSR count). The van der Waals surface area contributed by atoms with Crippen molar-refractivity contribution in [3.8, 4) is 0 Å². The van der Waals surface area contributed by atoms with Gasteiger partial charge in [0.1, 0.15) is 6.23 Å². The molecule has 0 bridgehead atoms. The highest BCUT2D eigenvalue weighted by atomic mass is 35.5. The highest BCUT2D eigenvalue weighted by Crippen LogP contribution is 2.41. The number of nitrogens with two attached hydrogens (primary N) is 1. The third kappa shape index (κ3) is 4.73. The van der Waals surface area contributed by atoms with Crippen molar-refractivity contribution in [2.75, 3.05) is 20.3 Å². The molecular weight excluding hydrogens is 384 g/mol. The van der Waals surface area contributed by atoms with Gasteiger partial charge in [-0.3, -0.25) is 0 Å². The first-order chi connectivity index (χ1) is 13.3. The minimum absolute atomic E-state index is 0.0402. The molecule has 152 valence electrons. The lowest BCUT2D eigenvalue weighted by atomic mass is 9.80. The van der Waals surface area contributed by atoms with Crippen LogP contribution in [0.25, 0.3) is 0 Å². The Hall–Kier alpha value is -2.35. The molecule has 1 aliphatic rings. The van der Waals surface area contributed by atoms with Crippen molar-refractivity contribution in [1.82, 2.24) is 5.32 Å². The summed E-state index contributed by atoms with van der Waals surface area (Å²) in [4.78, 5) is 25.5. The van der Waals surface area contributed by atoms with Crippen LogP contribution in [-0.2, 0) is 23.8 Å². The van der Waals surface area contributed by atoms with Gasteiger partial charge in [-0.25, -0.2) is 9.59 Å². The molecule has 1 aromatic rings. The number of ether oxygens (including phenoxy) is 3. The molecule has 0 saturated heterocycles. The Bertz CT molecular complexity index is 817. The maximum atomic E-state index is 12.9. The number of dihydropyridines is 1. The van der Waals surface area contributed by atoms with Crippen molar-refractivity contribution < 1.29 is 23.8 Å². The van der Waals surface area contributed by atoms with E-state index in [1.165, 1.54) is 7.11 Å². The number of hydrogen-bond acceptors (Lipinski definition) is 7. The topological polar surface area (TPSA) is 99.9 Å². The molecule has 0 radical (unpaired) electrons. The molecule has 0 saturated carbocycles. The molecule has 7 nitrogen and oxygen atoms in total. The molecule has 0 aromatic heterocycles. The van der Waals surface area contributed by atoms with Crippen LogP contribution in [0, 0.1) is 0 Å². The summed E-state index contributed by atoms with van der Waals surface area (Å²) in [6.45, 7) is 5.33. The molecule has 2 unspecified atom stereocenters. The first-order valence-corrected chi connectivity index (χ1v) is 9.27. The SMILES string of the molecule is CCOC(=O)C1=C(COC(C)N)NC(C)=C(C(=O)OC)C1c1ccccc1Cl. The second kappa shape index (κ2) is 9.73. The maximum Gasteiger partial charge on any atom is 0.336 e. The summed E-state index contributed by atoms with van der Waals surface area (Å²) >= 11 is 6.42. The van der Waals surface area contributed by atoms with Crippen molar-refractivity contribution >= 4 is 23.5 Å². The van der Waals surface area contributed by atoms with Crippen LogP contribution in [0.1, 0.15) is 32.3 Å². The Morgan fingerprint density at radius 1 is 1.25 bits per heavy atom. The van der Waals surface area contributed by atoms with Crippen LogP contribution in [-0.4, -0.2) is 38.5 Å². The normalized spacial score (nSPS) is 17.9. The summed E-state index contributed by atoms with van der Waals surface area (Å²) in [7, 11) is 1.29. The Labute approximate surface area is 169 Å². The van der Waals surface area contributed by atoms with Crippen LogP contribution in [0.3, 0.4) is 0 Å². The average molecular weight is 409 g/mol. The second-order valence-corrected chi connectivity index (χ2v) is 6.65. The molecule has 2 atom stereocenters. The summed E-state index contributed by atoms with van der Waals surface area (Å²) in [5, 5.41) is 3.49. The number of carbonyl (C=O) groups excluding carboxylic acids is 2. The average Bonchev–Trinajstić information content (AvgIpc) is 2.65. The van der Waals surface area contributed by atoms with E-state index in [1.54, 1.807) is 45.0 Å². The quantitative estimate of drug-likeness (QED) is 0.528. The van der Waals surface area contributed by atoms with Crippen LogP contribution in [0.15, 0.2) is 46.8 Å². The maximum absolute atomic E-state index is 12.9. The van der Waals surface area contributed by atoms with Crippen LogP contribution < -0.4 is 11.1 Å². The summed E-state index contributed by atoms with van der Waals surface area (Å²) in [6.07, 6.45) is -0.539. The largest absolute Gasteiger partial charge is 0.466 e. The van der Waals surface area contributed by atoms with Crippen LogP contribution in [0.2, 0.25) is 5.02 Å². The molecule has 0 spiro atoms. The van der Waals surface area contributed by atoms with Gasteiger partial charge < -0.3 is 25.3 Å². The number of nitrogens with one attached hydrogen (secondary N) is 1. The molecule has 0 aliphatic carbocycles. The van der Waals surface area contributed by atoms with Crippen molar-refractivity contribution in [2.45, 2.75) is 32.9 Å². The zero-order chi connectivity index (χ0) is 20.8. The van der Waals surface area contributed by atoms with Gasteiger partial charge >= 0.3 is 11.9 Å². The second-order valence-electron chi connectivity index (χ2n) is 6.24. The van der Waals surface area contributed by atoms with E-state index in [9.17, 15) is 9.59 Å². The number of halogens is 1. The number of methoxy groups -OCH3 is 1. The van der Waals surface area contributed by atoms with E-state index >= 15 is 0 Å². The van der Waals surface area contributed by atoms with E-state index in [4.69, 9.17) is 31.5 Å². The van der Waals surface area contributed by atoms with Crippen LogP contribution >= 0.6 is 11.6 Å². The van der Waals surface area contributed by atoms with Gasteiger partial charge in [0.15, 0.2) is 0 Å². The lowest BCUT2D eigenvalue weighted by molar-refractivity contribution is -0.139. The molecule has 1 aliphatic heterocycles. The third-order valence-electron chi connectivity index (χ3n) is 4.25. The summed E-state index contributed by atoms with van der Waals surface area (Å²) in [5.74, 6) is -1.91. The van der Waals surface area contributed by atoms with E-state index in [1.807, 2.05) is 0 Å². The predicted octanol–water partition coefficient (Wildman–Crippen LogP) is 2.61. The minimum atomic E-state index is -0.770. The zero-order valence-electron chi connectivity index (χ0n) is 16.4. The number of allylic oxidation sites excluding steroid dienone is 1. The fourth-order valence-electron chi connectivity index (χ4n) is 3.08. The van der Waals surface area contributed by atoms with Gasteiger partial charge in [-0.1, -0.05) is 29.8 Å². The van der Waals surface area contributed by atoms with Crippen LogP contribution in [0.4, 0.5) is 0 Å². The smallest absolute Gasteiger partial charge is 0.336 e. The van der Waals surface area contributed by atoms with Crippen molar-refractivity contribution in [2.24, 2.45) is 5.73 Å². The van der Waals surface area contributed by atoms with E-state index in [0.717, 1.165) is 0 Å². The van der Waals surface area contributed by atoms with Gasteiger partial charge in [-0.2, -0.15) is 0 Å². The van der Waals surface area contributed by atoms with E-state index in [2.05, 4.69) is 5.32 Å². The molecule has 28 heavy (non-hydrogen) atoms. The van der Waals surface area contributed by atoms with Gasteiger partial charge in [0.05, 0.1) is 43.1 Å². The van der Waals surface area contributed by atoms with Gasteiger partial charge in [-0.05, 0) is 32.4 Å². The van der Waals surface area contributed by atoms with E-state index in [0.29, 0.717) is 22.0 Å². The zero-order valence-corrected chi connectivity index (χ0v) is 17.1. The number of benzene rings is 1. The number of carbonyl (C=O) groups is 2. The van der Waals surface area contributed by atoms with Gasteiger partial charge in [-0.15, -0.1) is 0 Å². The van der Waals surface area contributed by atoms with Crippen LogP contribution in [0.5, 0.6) is 0 Å². The van der Waals surface area contributed by atoms with Crippen molar-refractivity contribution in [3.63, 3.8) is 0 Å². The Kier molecular flexibility index (Phi) is 7.62. The minimum Gasteiger partial charge on any atom is -0.466 e. The van der Waals surface area contributed by atoms with Gasteiger partial charge in [0, 0.05) is 10.7 Å². The highest BCUT2D eigenvalue weighted by Gasteiger charge is 2.39. The number of rotatable bonds is 7. The molecular formula is C20H25ClN2O5. The van der Waals surface area contributed by atoms with Gasteiger partial charge in [0.2, 0.25) is 0 Å². The Morgan fingerprint density at radius 2 is 1.93 bits per heavy atom. The van der Waals surface area contributed by atoms with Crippen molar-refractivity contribution in [3.05, 3.63) is 57.4 Å². The molecule has 1 heterocycles. The molecule has 0 fully saturated rings. The third-order valence-corrected chi connectivity index (χ3v) is 4.60. The summed E-state index contributed by atoms with van der Waals surface area (Å²) < 4.78 is 15.7. The lowest BCUT2D eigenvalue weighted by Gasteiger charge is -2.32. The first kappa shape index (κ1) is 21.9. The molecule has 0 amide bonds. The van der Waals surface area contributed by atoms with E-state index < -0.39 is 24.1 Å². The lowest BCUT2D eigenvalue weighted by Crippen LogP contribution is -2.35. The number of hydrogen-bond donors (Lipinski definition) is 2. The first-order valence-electron chi connectivity index (χ1n) is 8.89. The molecule has 1 aromatic carbocycles. The number of esters is 2. The summed E-state index contributed by atoms with van der Waals surface area (Å²) in [6, 6.07) is 7.02. The molecule has 8 heteroatoms. The standard InChI is InChI=1S/C20H25ClN2O5/c1-5-27-20(25)18-15(10-28-12(3)22)23-11(2)16(19(24)26-4)17(18)13-8-6-7-9-14(13)21/h6-9,12,17,23H,5,10,22H2,1-4H3.